The molecule has 1 saturated heterocycles. The third-order valence-corrected chi connectivity index (χ3v) is 4.95. The lowest BCUT2D eigenvalue weighted by atomic mass is 9.89. The first-order chi connectivity index (χ1) is 13.1. The summed E-state index contributed by atoms with van der Waals surface area (Å²) in [5.74, 6) is 0.717. The van der Waals surface area contributed by atoms with Crippen LogP contribution in [0.15, 0.2) is 61.2 Å². The number of carbonyl (C=O) groups excluding carboxylic acids is 2. The molecule has 1 N–H and O–H groups in total. The molecule has 0 aliphatic carbocycles. The number of hydrogen-bond donors (Lipinski definition) is 1. The van der Waals surface area contributed by atoms with Crippen molar-refractivity contribution in [1.29, 1.82) is 0 Å². The van der Waals surface area contributed by atoms with Crippen LogP contribution >= 0.6 is 0 Å². The first-order valence-electron chi connectivity index (χ1n) is 9.08. The molecule has 2 aromatic carbocycles. The fourth-order valence-electron chi connectivity index (χ4n) is 3.46. The number of benzene rings is 2. The third-order valence-electron chi connectivity index (χ3n) is 4.95. The number of rotatable bonds is 5. The number of anilines is 1. The highest BCUT2D eigenvalue weighted by Crippen LogP contribution is 2.30. The van der Waals surface area contributed by atoms with Crippen LogP contribution in [0.5, 0.6) is 5.75 Å². The van der Waals surface area contributed by atoms with Crippen molar-refractivity contribution >= 4 is 17.5 Å². The number of ether oxygens (including phenoxy) is 1. The molecule has 1 aliphatic rings. The van der Waals surface area contributed by atoms with E-state index < -0.39 is 0 Å². The Kier molecular flexibility index (Phi) is 5.91. The quantitative estimate of drug-likeness (QED) is 0.820. The van der Waals surface area contributed by atoms with Crippen LogP contribution in [-0.4, -0.2) is 36.9 Å². The van der Waals surface area contributed by atoms with Gasteiger partial charge in [-0.2, -0.15) is 0 Å². The minimum atomic E-state index is -0.198. The zero-order chi connectivity index (χ0) is 19.2. The Bertz CT molecular complexity index is 839. The lowest BCUT2D eigenvalue weighted by Gasteiger charge is -2.31. The monoisotopic (exact) mass is 364 g/mol. The average Bonchev–Trinajstić information content (AvgIpc) is 2.73. The molecule has 0 aromatic heterocycles. The molecule has 1 aliphatic heterocycles. The smallest absolute Gasteiger partial charge is 0.259 e. The summed E-state index contributed by atoms with van der Waals surface area (Å²) in [6.07, 6.45) is 3.18. The second kappa shape index (κ2) is 8.54. The van der Waals surface area contributed by atoms with E-state index in [-0.39, 0.29) is 11.8 Å². The zero-order valence-electron chi connectivity index (χ0n) is 15.5. The molecule has 0 saturated carbocycles. The van der Waals surface area contributed by atoms with Crippen molar-refractivity contribution in [2.45, 2.75) is 18.8 Å². The van der Waals surface area contributed by atoms with Crippen molar-refractivity contribution in [3.63, 3.8) is 0 Å². The molecule has 1 heterocycles. The SMILES string of the molecule is C=CC(=O)N1CCC(c2cccc(NC(=O)c3ccccc3OC)c2)CC1. The standard InChI is InChI=1S/C22H24N2O3/c1-3-21(25)24-13-11-16(12-14-24)17-7-6-8-18(15-17)23-22(26)19-9-4-5-10-20(19)27-2/h3-10,15-16H,1,11-14H2,2H3,(H,23,26). The Labute approximate surface area is 159 Å². The molecule has 0 radical (unpaired) electrons. The summed E-state index contributed by atoms with van der Waals surface area (Å²) < 4.78 is 5.26. The van der Waals surface area contributed by atoms with Crippen molar-refractivity contribution in [2.24, 2.45) is 0 Å². The van der Waals surface area contributed by atoms with Crippen molar-refractivity contribution in [3.8, 4) is 5.75 Å². The van der Waals surface area contributed by atoms with Crippen molar-refractivity contribution in [1.82, 2.24) is 4.90 Å². The van der Waals surface area contributed by atoms with Gasteiger partial charge in [0.2, 0.25) is 5.91 Å². The fourth-order valence-corrected chi connectivity index (χ4v) is 3.46. The summed E-state index contributed by atoms with van der Waals surface area (Å²) in [7, 11) is 1.55. The molecule has 3 rings (SSSR count). The Morgan fingerprint density at radius 2 is 1.89 bits per heavy atom. The molecule has 0 atom stereocenters. The summed E-state index contributed by atoms with van der Waals surface area (Å²) in [5.41, 5.74) is 2.44. The van der Waals surface area contributed by atoms with E-state index in [1.165, 1.54) is 11.6 Å². The number of piperidine rings is 1. The molecule has 140 valence electrons. The number of carbonyl (C=O) groups is 2. The largest absolute Gasteiger partial charge is 0.496 e. The van der Waals surface area contributed by atoms with Gasteiger partial charge in [-0.15, -0.1) is 0 Å². The van der Waals surface area contributed by atoms with Gasteiger partial charge in [-0.3, -0.25) is 9.59 Å². The van der Waals surface area contributed by atoms with Crippen molar-refractivity contribution in [3.05, 3.63) is 72.3 Å². The van der Waals surface area contributed by atoms with Gasteiger partial charge >= 0.3 is 0 Å². The number of likely N-dealkylation sites (tertiary alicyclic amines) is 1. The van der Waals surface area contributed by atoms with E-state index in [9.17, 15) is 9.59 Å². The van der Waals surface area contributed by atoms with Gasteiger partial charge in [-0.25, -0.2) is 0 Å². The highest BCUT2D eigenvalue weighted by Gasteiger charge is 2.23. The van der Waals surface area contributed by atoms with Crippen LogP contribution < -0.4 is 10.1 Å². The van der Waals surface area contributed by atoms with E-state index in [0.29, 0.717) is 17.2 Å². The number of methoxy groups -OCH3 is 1. The van der Waals surface area contributed by atoms with Gasteiger partial charge < -0.3 is 15.0 Å². The molecule has 2 aromatic rings. The van der Waals surface area contributed by atoms with Gasteiger partial charge in [0, 0.05) is 18.8 Å². The van der Waals surface area contributed by atoms with Gasteiger partial charge in [0.25, 0.3) is 5.91 Å². The molecule has 27 heavy (non-hydrogen) atoms. The summed E-state index contributed by atoms with van der Waals surface area (Å²) in [6.45, 7) is 5.01. The number of nitrogens with one attached hydrogen (secondary N) is 1. The van der Waals surface area contributed by atoms with Crippen molar-refractivity contribution < 1.29 is 14.3 Å². The van der Waals surface area contributed by atoms with E-state index in [0.717, 1.165) is 31.6 Å². The molecule has 0 bridgehead atoms. The van der Waals surface area contributed by atoms with Crippen molar-refractivity contribution in [2.75, 3.05) is 25.5 Å². The lowest BCUT2D eigenvalue weighted by molar-refractivity contribution is -0.127. The topological polar surface area (TPSA) is 58.6 Å². The summed E-state index contributed by atoms with van der Waals surface area (Å²) in [6, 6.07) is 15.1. The van der Waals surface area contributed by atoms with Crippen LogP contribution in [0.2, 0.25) is 0 Å². The predicted molar refractivity (Wildman–Crippen MR) is 106 cm³/mol. The molecule has 0 spiro atoms. The van der Waals surface area contributed by atoms with E-state index in [4.69, 9.17) is 4.74 Å². The Morgan fingerprint density at radius 1 is 1.15 bits per heavy atom. The van der Waals surface area contributed by atoms with E-state index >= 15 is 0 Å². The zero-order valence-corrected chi connectivity index (χ0v) is 15.5. The molecular formula is C22H24N2O3. The normalized spacial score (nSPS) is 14.5. The third kappa shape index (κ3) is 4.37. The first-order valence-corrected chi connectivity index (χ1v) is 9.08. The summed E-state index contributed by atoms with van der Waals surface area (Å²) >= 11 is 0. The van der Waals surface area contributed by atoms with Crippen LogP contribution in [0.3, 0.4) is 0 Å². The Balaban J connectivity index is 1.68. The lowest BCUT2D eigenvalue weighted by Crippen LogP contribution is -2.36. The molecular weight excluding hydrogens is 340 g/mol. The maximum atomic E-state index is 12.6. The minimum absolute atomic E-state index is 0.00808. The number of hydrogen-bond acceptors (Lipinski definition) is 3. The molecule has 0 unspecified atom stereocenters. The van der Waals surface area contributed by atoms with Gasteiger partial charge in [0.1, 0.15) is 5.75 Å². The molecule has 5 nitrogen and oxygen atoms in total. The summed E-state index contributed by atoms with van der Waals surface area (Å²) in [5, 5.41) is 2.95. The van der Waals surface area contributed by atoms with Crippen LogP contribution in [-0.2, 0) is 4.79 Å². The van der Waals surface area contributed by atoms with Crippen LogP contribution in [0.4, 0.5) is 5.69 Å². The Hall–Kier alpha value is -3.08. The molecule has 2 amide bonds. The maximum absolute atomic E-state index is 12.6. The van der Waals surface area contributed by atoms with E-state index in [1.807, 2.05) is 35.2 Å². The van der Waals surface area contributed by atoms with Crippen LogP contribution in [0.25, 0.3) is 0 Å². The van der Waals surface area contributed by atoms with Gasteiger partial charge in [-0.05, 0) is 54.7 Å². The molecule has 1 fully saturated rings. The second-order valence-electron chi connectivity index (χ2n) is 6.58. The fraction of sp³-hybridized carbons (Fsp3) is 0.273. The highest BCUT2D eigenvalue weighted by atomic mass is 16.5. The van der Waals surface area contributed by atoms with Crippen LogP contribution in [0.1, 0.15) is 34.7 Å². The van der Waals surface area contributed by atoms with E-state index in [1.54, 1.807) is 19.2 Å². The van der Waals surface area contributed by atoms with Gasteiger partial charge in [0.05, 0.1) is 12.7 Å². The first kappa shape index (κ1) is 18.7. The predicted octanol–water partition coefficient (Wildman–Crippen LogP) is 3.84. The number of amides is 2. The second-order valence-corrected chi connectivity index (χ2v) is 6.58. The van der Waals surface area contributed by atoms with E-state index in [2.05, 4.69) is 18.0 Å². The average molecular weight is 364 g/mol. The number of nitrogens with zero attached hydrogens (tertiary/aromatic N) is 1. The molecule has 5 heteroatoms. The summed E-state index contributed by atoms with van der Waals surface area (Å²) in [4.78, 5) is 26.1. The van der Waals surface area contributed by atoms with Crippen LogP contribution in [0, 0.1) is 0 Å². The van der Waals surface area contributed by atoms with Gasteiger partial charge in [-0.1, -0.05) is 30.8 Å². The van der Waals surface area contributed by atoms with Gasteiger partial charge in [0.15, 0.2) is 0 Å². The maximum Gasteiger partial charge on any atom is 0.259 e. The number of para-hydroxylation sites is 1. The minimum Gasteiger partial charge on any atom is -0.496 e. The Morgan fingerprint density at radius 3 is 2.59 bits per heavy atom. The highest BCUT2D eigenvalue weighted by molar-refractivity contribution is 6.06.